The molecule has 0 unspecified atom stereocenters. The highest BCUT2D eigenvalue weighted by molar-refractivity contribution is 5.67. The zero-order valence-electron chi connectivity index (χ0n) is 8.28. The van der Waals surface area contributed by atoms with Gasteiger partial charge in [-0.15, -0.1) is 0 Å². The van der Waals surface area contributed by atoms with Crippen molar-refractivity contribution in [1.82, 2.24) is 4.98 Å². The molecular weight excluding hydrogens is 182 g/mol. The van der Waals surface area contributed by atoms with Crippen molar-refractivity contribution in [2.24, 2.45) is 0 Å². The van der Waals surface area contributed by atoms with Crippen LogP contribution in [-0.2, 0) is 11.2 Å². The number of pyridine rings is 1. The number of aryl methyl sites for hydroxylation is 2. The highest BCUT2D eigenvalue weighted by atomic mass is 16.5. The van der Waals surface area contributed by atoms with Crippen LogP contribution in [-0.4, -0.2) is 23.2 Å². The molecule has 1 rings (SSSR count). The zero-order chi connectivity index (χ0) is 10.6. The molecule has 0 saturated carbocycles. The van der Waals surface area contributed by atoms with E-state index in [1.165, 1.54) is 0 Å². The van der Waals surface area contributed by atoms with E-state index in [9.17, 15) is 4.79 Å². The Labute approximate surface area is 82.5 Å². The number of nitrogens with zero attached hydrogens (tertiary/aromatic N) is 1. The number of methoxy groups -OCH3 is 1. The third-order valence-corrected chi connectivity index (χ3v) is 1.93. The van der Waals surface area contributed by atoms with E-state index in [4.69, 9.17) is 9.84 Å². The molecule has 0 saturated heterocycles. The van der Waals surface area contributed by atoms with Gasteiger partial charge in [-0.2, -0.15) is 0 Å². The van der Waals surface area contributed by atoms with E-state index in [1.54, 1.807) is 19.4 Å². The Hall–Kier alpha value is -1.58. The predicted octanol–water partition coefficient (Wildman–Crippen LogP) is 1.42. The molecule has 0 bridgehead atoms. The average Bonchev–Trinajstić information content (AvgIpc) is 2.16. The maximum absolute atomic E-state index is 10.3. The van der Waals surface area contributed by atoms with E-state index in [0.29, 0.717) is 6.42 Å². The Morgan fingerprint density at radius 1 is 1.64 bits per heavy atom. The first-order valence-electron chi connectivity index (χ1n) is 4.35. The molecule has 1 heterocycles. The van der Waals surface area contributed by atoms with Gasteiger partial charge in [0.1, 0.15) is 5.75 Å². The quantitative estimate of drug-likeness (QED) is 0.789. The number of aliphatic carboxylic acids is 1. The Bertz CT molecular complexity index is 336. The number of rotatable bonds is 4. The second kappa shape index (κ2) is 4.60. The van der Waals surface area contributed by atoms with Crippen LogP contribution in [0.2, 0.25) is 0 Å². The van der Waals surface area contributed by atoms with Gasteiger partial charge in [0.05, 0.1) is 13.5 Å². The summed E-state index contributed by atoms with van der Waals surface area (Å²) in [5.74, 6) is -0.0632. The first-order valence-corrected chi connectivity index (χ1v) is 4.35. The summed E-state index contributed by atoms with van der Waals surface area (Å²) in [7, 11) is 1.59. The van der Waals surface area contributed by atoms with Gasteiger partial charge in [0.2, 0.25) is 0 Å². The van der Waals surface area contributed by atoms with Crippen LogP contribution in [0.4, 0.5) is 0 Å². The monoisotopic (exact) mass is 195 g/mol. The number of ether oxygens (including phenoxy) is 1. The van der Waals surface area contributed by atoms with Gasteiger partial charge in [-0.25, -0.2) is 0 Å². The molecule has 0 atom stereocenters. The predicted molar refractivity (Wildman–Crippen MR) is 51.5 cm³/mol. The standard InChI is InChI=1S/C10H13NO3/c1-7-6-11-8(3-4-10(12)13)5-9(7)14-2/h5-6H,3-4H2,1-2H3,(H,12,13). The number of carbonyl (C=O) groups is 1. The second-order valence-corrected chi connectivity index (χ2v) is 3.04. The lowest BCUT2D eigenvalue weighted by Crippen LogP contribution is -2.00. The van der Waals surface area contributed by atoms with Gasteiger partial charge >= 0.3 is 5.97 Å². The van der Waals surface area contributed by atoms with Crippen molar-refractivity contribution in [2.75, 3.05) is 7.11 Å². The molecular formula is C10H13NO3. The number of carboxylic acids is 1. The fourth-order valence-electron chi connectivity index (χ4n) is 1.14. The third kappa shape index (κ3) is 2.73. The molecule has 1 N–H and O–H groups in total. The maximum atomic E-state index is 10.3. The zero-order valence-corrected chi connectivity index (χ0v) is 8.28. The molecule has 0 amide bonds. The van der Waals surface area contributed by atoms with E-state index in [0.717, 1.165) is 17.0 Å². The van der Waals surface area contributed by atoms with Crippen molar-refractivity contribution in [3.63, 3.8) is 0 Å². The number of hydrogen-bond acceptors (Lipinski definition) is 3. The molecule has 4 heteroatoms. The molecule has 0 aromatic carbocycles. The molecule has 76 valence electrons. The first kappa shape index (κ1) is 10.5. The summed E-state index contributed by atoms with van der Waals surface area (Å²) in [6, 6.07) is 1.78. The summed E-state index contributed by atoms with van der Waals surface area (Å²) in [6.45, 7) is 1.90. The van der Waals surface area contributed by atoms with Crippen LogP contribution in [0.5, 0.6) is 5.75 Å². The van der Waals surface area contributed by atoms with Crippen molar-refractivity contribution in [1.29, 1.82) is 0 Å². The van der Waals surface area contributed by atoms with E-state index >= 15 is 0 Å². The van der Waals surface area contributed by atoms with Crippen molar-refractivity contribution in [3.8, 4) is 5.75 Å². The molecule has 14 heavy (non-hydrogen) atoms. The molecule has 1 aromatic heterocycles. The number of carboxylic acid groups (broad SMARTS) is 1. The minimum absolute atomic E-state index is 0.0964. The van der Waals surface area contributed by atoms with Crippen LogP contribution < -0.4 is 4.74 Å². The lowest BCUT2D eigenvalue weighted by molar-refractivity contribution is -0.136. The maximum Gasteiger partial charge on any atom is 0.303 e. The highest BCUT2D eigenvalue weighted by Gasteiger charge is 2.03. The smallest absolute Gasteiger partial charge is 0.303 e. The average molecular weight is 195 g/mol. The van der Waals surface area contributed by atoms with E-state index < -0.39 is 5.97 Å². The molecule has 0 fully saturated rings. The summed E-state index contributed by atoms with van der Waals surface area (Å²) < 4.78 is 5.11. The third-order valence-electron chi connectivity index (χ3n) is 1.93. The van der Waals surface area contributed by atoms with Gasteiger partial charge in [-0.05, 0) is 6.92 Å². The fraction of sp³-hybridized carbons (Fsp3) is 0.400. The lowest BCUT2D eigenvalue weighted by Gasteiger charge is -2.05. The van der Waals surface area contributed by atoms with Crippen LogP contribution in [0.15, 0.2) is 12.3 Å². The number of aromatic nitrogens is 1. The summed E-state index contributed by atoms with van der Waals surface area (Å²) in [5.41, 5.74) is 1.70. The van der Waals surface area contributed by atoms with Gasteiger partial charge in [0.15, 0.2) is 0 Å². The number of hydrogen-bond donors (Lipinski definition) is 1. The summed E-state index contributed by atoms with van der Waals surface area (Å²) >= 11 is 0. The van der Waals surface area contributed by atoms with Crippen molar-refractivity contribution >= 4 is 5.97 Å². The van der Waals surface area contributed by atoms with Gasteiger partial charge in [0.25, 0.3) is 0 Å². The minimum Gasteiger partial charge on any atom is -0.496 e. The lowest BCUT2D eigenvalue weighted by atomic mass is 10.2. The van der Waals surface area contributed by atoms with Crippen LogP contribution >= 0.6 is 0 Å². The second-order valence-electron chi connectivity index (χ2n) is 3.04. The van der Waals surface area contributed by atoms with Gasteiger partial charge in [0, 0.05) is 29.9 Å². The highest BCUT2D eigenvalue weighted by Crippen LogP contribution is 2.17. The largest absolute Gasteiger partial charge is 0.496 e. The van der Waals surface area contributed by atoms with E-state index in [-0.39, 0.29) is 6.42 Å². The summed E-state index contributed by atoms with van der Waals surface area (Å²) in [5, 5.41) is 8.50. The van der Waals surface area contributed by atoms with E-state index in [2.05, 4.69) is 4.98 Å². The molecule has 0 aliphatic rings. The van der Waals surface area contributed by atoms with E-state index in [1.807, 2.05) is 6.92 Å². The SMILES string of the molecule is COc1cc(CCC(=O)O)ncc1C. The van der Waals surface area contributed by atoms with Crippen molar-refractivity contribution in [3.05, 3.63) is 23.5 Å². The fourth-order valence-corrected chi connectivity index (χ4v) is 1.14. The molecule has 0 aliphatic heterocycles. The van der Waals surface area contributed by atoms with Gasteiger partial charge in [-0.1, -0.05) is 0 Å². The molecule has 0 radical (unpaired) electrons. The topological polar surface area (TPSA) is 59.4 Å². The van der Waals surface area contributed by atoms with Crippen LogP contribution in [0.3, 0.4) is 0 Å². The normalized spacial score (nSPS) is 9.86. The van der Waals surface area contributed by atoms with Crippen LogP contribution in [0, 0.1) is 6.92 Å². The first-order chi connectivity index (χ1) is 6.63. The molecule has 0 aliphatic carbocycles. The van der Waals surface area contributed by atoms with Crippen molar-refractivity contribution < 1.29 is 14.6 Å². The Morgan fingerprint density at radius 3 is 2.93 bits per heavy atom. The Balaban J connectivity index is 2.74. The Morgan fingerprint density at radius 2 is 2.36 bits per heavy atom. The minimum atomic E-state index is -0.814. The van der Waals surface area contributed by atoms with Crippen molar-refractivity contribution in [2.45, 2.75) is 19.8 Å². The molecule has 4 nitrogen and oxygen atoms in total. The summed E-state index contributed by atoms with van der Waals surface area (Å²) in [4.78, 5) is 14.5. The Kier molecular flexibility index (Phi) is 3.45. The van der Waals surface area contributed by atoms with Gasteiger partial charge < -0.3 is 9.84 Å². The molecule has 0 spiro atoms. The van der Waals surface area contributed by atoms with Crippen LogP contribution in [0.1, 0.15) is 17.7 Å². The molecule has 1 aromatic rings. The van der Waals surface area contributed by atoms with Gasteiger partial charge in [-0.3, -0.25) is 9.78 Å². The summed E-state index contributed by atoms with van der Waals surface area (Å²) in [6.07, 6.45) is 2.22. The van der Waals surface area contributed by atoms with Crippen LogP contribution in [0.25, 0.3) is 0 Å².